The molecule has 4 nitrogen and oxygen atoms in total. The van der Waals surface area contributed by atoms with Crippen LogP contribution in [-0.2, 0) is 10.3 Å². The van der Waals surface area contributed by atoms with E-state index in [0.29, 0.717) is 0 Å². The van der Waals surface area contributed by atoms with Gasteiger partial charge in [0.05, 0.1) is 11.7 Å². The van der Waals surface area contributed by atoms with E-state index in [4.69, 9.17) is 0 Å². The maximum atomic E-state index is 10.1. The van der Waals surface area contributed by atoms with E-state index in [0.717, 1.165) is 5.56 Å². The first-order valence-corrected chi connectivity index (χ1v) is 3.86. The van der Waals surface area contributed by atoms with Crippen molar-refractivity contribution in [2.45, 2.75) is 19.4 Å². The average molecular weight is 177 g/mol. The molecule has 0 aliphatic rings. The van der Waals surface area contributed by atoms with Gasteiger partial charge in [0.1, 0.15) is 0 Å². The molecule has 0 fully saturated rings. The van der Waals surface area contributed by atoms with Crippen molar-refractivity contribution < 1.29 is 4.79 Å². The zero-order valence-corrected chi connectivity index (χ0v) is 7.69. The van der Waals surface area contributed by atoms with Gasteiger partial charge in [-0.15, -0.1) is 0 Å². The first-order valence-electron chi connectivity index (χ1n) is 3.86. The van der Waals surface area contributed by atoms with Gasteiger partial charge in [-0.05, 0) is 13.8 Å². The Morgan fingerprint density at radius 3 is 2.92 bits per heavy atom. The van der Waals surface area contributed by atoms with E-state index in [1.54, 1.807) is 29.4 Å². The van der Waals surface area contributed by atoms with Crippen LogP contribution in [0.25, 0.3) is 6.20 Å². The Kier molecular flexibility index (Phi) is 2.44. The lowest BCUT2D eigenvalue weighted by atomic mass is 9.99. The van der Waals surface area contributed by atoms with E-state index in [1.165, 1.54) is 0 Å². The second kappa shape index (κ2) is 3.37. The number of aliphatic imine (C=N–C) groups is 1. The number of hydrogen-bond acceptors (Lipinski definition) is 3. The molecule has 1 aromatic heterocycles. The third kappa shape index (κ3) is 1.92. The van der Waals surface area contributed by atoms with Gasteiger partial charge in [0.25, 0.3) is 0 Å². The highest BCUT2D eigenvalue weighted by Gasteiger charge is 2.20. The van der Waals surface area contributed by atoms with Crippen LogP contribution in [0.2, 0.25) is 0 Å². The van der Waals surface area contributed by atoms with Crippen LogP contribution in [0.5, 0.6) is 0 Å². The lowest BCUT2D eigenvalue weighted by Gasteiger charge is -2.13. The van der Waals surface area contributed by atoms with Gasteiger partial charge in [0.15, 0.2) is 0 Å². The van der Waals surface area contributed by atoms with E-state index in [-0.39, 0.29) is 0 Å². The fourth-order valence-corrected chi connectivity index (χ4v) is 0.932. The zero-order chi connectivity index (χ0) is 9.90. The molecule has 0 amide bonds. The van der Waals surface area contributed by atoms with Gasteiger partial charge in [-0.3, -0.25) is 0 Å². The highest BCUT2D eigenvalue weighted by Crippen LogP contribution is 2.23. The number of carbonyl (C=O) groups excluding carboxylic acids is 1. The summed E-state index contributed by atoms with van der Waals surface area (Å²) in [5, 5.41) is 3.99. The number of hydrogen-bond donors (Lipinski definition) is 0. The zero-order valence-electron chi connectivity index (χ0n) is 7.69. The third-order valence-corrected chi connectivity index (χ3v) is 1.82. The molecule has 68 valence electrons. The SMILES string of the molecule is C=Cn1cc(C(C)(C)N=C=O)cn1. The molecule has 0 N–H and O–H groups in total. The summed E-state index contributed by atoms with van der Waals surface area (Å²) >= 11 is 0. The minimum Gasteiger partial charge on any atom is -0.249 e. The highest BCUT2D eigenvalue weighted by molar-refractivity contribution is 5.37. The molecule has 0 saturated heterocycles. The molecule has 0 aliphatic heterocycles. The van der Waals surface area contributed by atoms with Crippen LogP contribution < -0.4 is 0 Å². The molecular formula is C9H11N3O. The molecule has 0 atom stereocenters. The number of isocyanates is 1. The van der Waals surface area contributed by atoms with E-state index < -0.39 is 5.54 Å². The van der Waals surface area contributed by atoms with Gasteiger partial charge < -0.3 is 0 Å². The Morgan fingerprint density at radius 1 is 1.77 bits per heavy atom. The lowest BCUT2D eigenvalue weighted by Crippen LogP contribution is -2.12. The predicted octanol–water partition coefficient (Wildman–Crippen LogP) is 1.55. The largest absolute Gasteiger partial charge is 0.249 e. The Labute approximate surface area is 76.6 Å². The first kappa shape index (κ1) is 9.42. The van der Waals surface area contributed by atoms with Crippen molar-refractivity contribution in [1.82, 2.24) is 9.78 Å². The van der Waals surface area contributed by atoms with Crippen molar-refractivity contribution in [1.29, 1.82) is 0 Å². The van der Waals surface area contributed by atoms with Crippen LogP contribution in [0.4, 0.5) is 0 Å². The van der Waals surface area contributed by atoms with Crippen molar-refractivity contribution >= 4 is 12.3 Å². The Balaban J connectivity index is 3.06. The molecule has 0 aromatic carbocycles. The highest BCUT2D eigenvalue weighted by atomic mass is 16.1. The molecule has 1 rings (SSSR count). The predicted molar refractivity (Wildman–Crippen MR) is 49.8 cm³/mol. The summed E-state index contributed by atoms with van der Waals surface area (Å²) in [7, 11) is 0. The van der Waals surface area contributed by atoms with Gasteiger partial charge in [0.2, 0.25) is 6.08 Å². The maximum absolute atomic E-state index is 10.1. The van der Waals surface area contributed by atoms with E-state index in [9.17, 15) is 4.79 Å². The summed E-state index contributed by atoms with van der Waals surface area (Å²) in [5.74, 6) is 0. The molecule has 0 aliphatic carbocycles. The molecule has 0 spiro atoms. The molecule has 0 unspecified atom stereocenters. The van der Waals surface area contributed by atoms with Crippen LogP contribution >= 0.6 is 0 Å². The summed E-state index contributed by atoms with van der Waals surface area (Å²) in [4.78, 5) is 13.8. The van der Waals surface area contributed by atoms with Gasteiger partial charge in [-0.2, -0.15) is 10.1 Å². The maximum Gasteiger partial charge on any atom is 0.235 e. The summed E-state index contributed by atoms with van der Waals surface area (Å²) in [5.41, 5.74) is 0.291. The van der Waals surface area contributed by atoms with Gasteiger partial charge in [-0.25, -0.2) is 9.48 Å². The number of rotatable bonds is 3. The Bertz CT molecular complexity index is 359. The summed E-state index contributed by atoms with van der Waals surface area (Å²) < 4.78 is 1.57. The normalized spacial score (nSPS) is 10.6. The van der Waals surface area contributed by atoms with Gasteiger partial charge in [-0.1, -0.05) is 6.58 Å². The monoisotopic (exact) mass is 177 g/mol. The molecule has 0 bridgehead atoms. The summed E-state index contributed by atoms with van der Waals surface area (Å²) in [6, 6.07) is 0. The van der Waals surface area contributed by atoms with Crippen molar-refractivity contribution in [3.63, 3.8) is 0 Å². The average Bonchev–Trinajstić information content (AvgIpc) is 2.52. The molecule has 0 radical (unpaired) electrons. The molecule has 1 aromatic rings. The smallest absolute Gasteiger partial charge is 0.235 e. The van der Waals surface area contributed by atoms with Crippen LogP contribution in [0.1, 0.15) is 19.4 Å². The van der Waals surface area contributed by atoms with Crippen LogP contribution in [0, 0.1) is 0 Å². The fourth-order valence-electron chi connectivity index (χ4n) is 0.932. The molecule has 13 heavy (non-hydrogen) atoms. The number of aromatic nitrogens is 2. The second-order valence-electron chi connectivity index (χ2n) is 3.15. The van der Waals surface area contributed by atoms with Crippen molar-refractivity contribution in [3.05, 3.63) is 24.5 Å². The topological polar surface area (TPSA) is 47.2 Å². The van der Waals surface area contributed by atoms with Gasteiger partial charge in [0, 0.05) is 18.0 Å². The third-order valence-electron chi connectivity index (χ3n) is 1.82. The van der Waals surface area contributed by atoms with Gasteiger partial charge >= 0.3 is 0 Å². The second-order valence-corrected chi connectivity index (χ2v) is 3.15. The van der Waals surface area contributed by atoms with Crippen LogP contribution in [-0.4, -0.2) is 15.9 Å². The van der Waals surface area contributed by atoms with E-state index >= 15 is 0 Å². The van der Waals surface area contributed by atoms with E-state index in [2.05, 4.69) is 16.7 Å². The van der Waals surface area contributed by atoms with Crippen LogP contribution in [0.15, 0.2) is 24.0 Å². The Hall–Kier alpha value is -1.67. The van der Waals surface area contributed by atoms with Crippen molar-refractivity contribution in [2.75, 3.05) is 0 Å². The van der Waals surface area contributed by atoms with E-state index in [1.807, 2.05) is 13.8 Å². The standard InChI is InChI=1S/C9H11N3O/c1-4-12-6-8(5-11-12)9(2,3)10-7-13/h4-6H,1H2,2-3H3. The summed E-state index contributed by atoms with van der Waals surface area (Å²) in [6.07, 6.45) is 6.55. The Morgan fingerprint density at radius 2 is 2.46 bits per heavy atom. The molecule has 0 saturated carbocycles. The van der Waals surface area contributed by atoms with Crippen LogP contribution in [0.3, 0.4) is 0 Å². The minimum atomic E-state index is -0.566. The van der Waals surface area contributed by atoms with Crippen molar-refractivity contribution in [3.8, 4) is 0 Å². The van der Waals surface area contributed by atoms with Crippen molar-refractivity contribution in [2.24, 2.45) is 4.99 Å². The molecule has 4 heteroatoms. The molecular weight excluding hydrogens is 166 g/mol. The fraction of sp³-hybridized carbons (Fsp3) is 0.333. The molecule has 1 heterocycles. The lowest BCUT2D eigenvalue weighted by molar-refractivity contribution is 0.523. The summed E-state index contributed by atoms with van der Waals surface area (Å²) in [6.45, 7) is 7.21. The first-order chi connectivity index (χ1) is 6.10. The number of nitrogens with zero attached hydrogens (tertiary/aromatic N) is 3. The minimum absolute atomic E-state index is 0.566. The quantitative estimate of drug-likeness (QED) is 0.519.